The number of hydrogen-bond donors (Lipinski definition) is 3. The number of nitriles is 1. The van der Waals surface area contributed by atoms with Gasteiger partial charge in [0, 0.05) is 10.4 Å². The van der Waals surface area contributed by atoms with Crippen molar-refractivity contribution in [2.24, 2.45) is 0 Å². The van der Waals surface area contributed by atoms with Crippen LogP contribution in [0.2, 0.25) is 0 Å². The smallest absolute Gasteiger partial charge is 0.267 e. The summed E-state index contributed by atoms with van der Waals surface area (Å²) in [5.74, 6) is -1.04. The fourth-order valence-electron chi connectivity index (χ4n) is 1.50. The number of hydrogen-bond acceptors (Lipinski definition) is 4. The molecule has 0 bridgehead atoms. The maximum atomic E-state index is 9.62. The van der Waals surface area contributed by atoms with Gasteiger partial charge in [-0.05, 0) is 0 Å². The Morgan fingerprint density at radius 2 is 1.50 bits per heavy atom. The average molecular weight is 189 g/mol. The molecule has 4 heteroatoms. The molecule has 1 aliphatic carbocycles. The first-order chi connectivity index (χ1) is 6.61. The van der Waals surface area contributed by atoms with Crippen LogP contribution in [0.4, 0.5) is 0 Å². The topological polar surface area (TPSA) is 84.5 Å². The highest BCUT2D eigenvalue weighted by Gasteiger charge is 2.42. The van der Waals surface area contributed by atoms with Crippen molar-refractivity contribution in [2.45, 2.75) is 5.60 Å². The van der Waals surface area contributed by atoms with Crippen LogP contribution in [-0.4, -0.2) is 20.9 Å². The number of benzene rings is 1. The lowest BCUT2D eigenvalue weighted by molar-refractivity contribution is 0.156. The standard InChI is InChI=1S/C10H7NO3/c11-5-10(14)8(12)6-3-1-2-4-7(6)9(10)13/h1-4,12-14H. The van der Waals surface area contributed by atoms with Gasteiger partial charge in [0.05, 0.1) is 0 Å². The number of fused-ring (bicyclic) bond motifs is 1. The van der Waals surface area contributed by atoms with E-state index >= 15 is 0 Å². The van der Waals surface area contributed by atoms with E-state index < -0.39 is 17.1 Å². The lowest BCUT2D eigenvalue weighted by atomic mass is 10.0. The van der Waals surface area contributed by atoms with E-state index in [9.17, 15) is 15.3 Å². The minimum atomic E-state index is -2.29. The molecule has 1 aromatic rings. The lowest BCUT2D eigenvalue weighted by Crippen LogP contribution is -2.28. The summed E-state index contributed by atoms with van der Waals surface area (Å²) in [5.41, 5.74) is -2.29. The average Bonchev–Trinajstić information content (AvgIpc) is 2.43. The number of nitrogens with zero attached hydrogens (tertiary/aromatic N) is 1. The van der Waals surface area contributed by atoms with E-state index in [-0.39, 0.29) is 10.4 Å². The van der Waals surface area contributed by atoms with Crippen LogP contribution in [0.3, 0.4) is 0 Å². The summed E-state index contributed by atoms with van der Waals surface area (Å²) >= 11 is 0. The van der Waals surface area contributed by atoms with Crippen LogP contribution in [0.5, 0.6) is 0 Å². The molecule has 0 heterocycles. The van der Waals surface area contributed by atoms with Gasteiger partial charge >= 0.3 is 0 Å². The Balaban J connectivity index is 2.99. The Kier molecular flexibility index (Phi) is 1.54. The highest BCUT2D eigenvalue weighted by atomic mass is 16.4. The van der Waals surface area contributed by atoms with Gasteiger partial charge in [-0.25, -0.2) is 0 Å². The van der Waals surface area contributed by atoms with E-state index in [4.69, 9.17) is 5.26 Å². The molecule has 2 rings (SSSR count). The second-order valence-electron chi connectivity index (χ2n) is 3.07. The van der Waals surface area contributed by atoms with Gasteiger partial charge in [0.15, 0.2) is 11.5 Å². The molecule has 0 amide bonds. The molecule has 0 unspecified atom stereocenters. The zero-order valence-electron chi connectivity index (χ0n) is 7.10. The number of aliphatic hydroxyl groups excluding tert-OH is 2. The highest BCUT2D eigenvalue weighted by molar-refractivity contribution is 5.75. The van der Waals surface area contributed by atoms with Crippen LogP contribution < -0.4 is 10.4 Å². The number of rotatable bonds is 0. The third kappa shape index (κ3) is 0.793. The summed E-state index contributed by atoms with van der Waals surface area (Å²) in [6.45, 7) is 0. The van der Waals surface area contributed by atoms with Crippen molar-refractivity contribution in [2.75, 3.05) is 0 Å². The molecule has 1 aliphatic rings. The monoisotopic (exact) mass is 189 g/mol. The number of aliphatic hydroxyl groups is 3. The van der Waals surface area contributed by atoms with Gasteiger partial charge in [0.1, 0.15) is 6.07 Å². The van der Waals surface area contributed by atoms with Crippen LogP contribution in [0, 0.1) is 11.3 Å². The summed E-state index contributed by atoms with van der Waals surface area (Å²) in [6, 6.07) is 7.80. The predicted octanol–water partition coefficient (Wildman–Crippen LogP) is -0.713. The Labute approximate surface area is 79.3 Å². The third-order valence-electron chi connectivity index (χ3n) is 2.28. The van der Waals surface area contributed by atoms with Crippen molar-refractivity contribution in [1.29, 1.82) is 5.26 Å². The van der Waals surface area contributed by atoms with E-state index in [0.717, 1.165) is 0 Å². The normalized spacial score (nSPS) is 17.7. The first kappa shape index (κ1) is 8.60. The Morgan fingerprint density at radius 1 is 1.07 bits per heavy atom. The van der Waals surface area contributed by atoms with Crippen molar-refractivity contribution < 1.29 is 15.3 Å². The fraction of sp³-hybridized carbons (Fsp3) is 0.100. The van der Waals surface area contributed by atoms with Crippen molar-refractivity contribution >= 4 is 11.5 Å². The van der Waals surface area contributed by atoms with Crippen LogP contribution in [-0.2, 0) is 0 Å². The summed E-state index contributed by atoms with van der Waals surface area (Å²) in [5, 5.41) is 37.9. The van der Waals surface area contributed by atoms with Crippen molar-refractivity contribution in [1.82, 2.24) is 0 Å². The molecule has 0 aliphatic heterocycles. The molecule has 14 heavy (non-hydrogen) atoms. The summed E-state index contributed by atoms with van der Waals surface area (Å²) < 4.78 is 0. The highest BCUT2D eigenvalue weighted by Crippen LogP contribution is 2.23. The van der Waals surface area contributed by atoms with Gasteiger partial charge in [0.25, 0.3) is 5.60 Å². The van der Waals surface area contributed by atoms with E-state index in [1.165, 1.54) is 18.2 Å². The van der Waals surface area contributed by atoms with Gasteiger partial charge in [-0.1, -0.05) is 24.3 Å². The molecular formula is C10H7NO3. The van der Waals surface area contributed by atoms with Gasteiger partial charge < -0.3 is 15.3 Å². The van der Waals surface area contributed by atoms with Crippen LogP contribution >= 0.6 is 0 Å². The molecule has 0 saturated carbocycles. The second kappa shape index (κ2) is 2.50. The zero-order chi connectivity index (χ0) is 10.3. The molecule has 0 saturated heterocycles. The molecule has 4 nitrogen and oxygen atoms in total. The molecule has 1 aromatic carbocycles. The van der Waals surface area contributed by atoms with Crippen molar-refractivity contribution in [3.05, 3.63) is 34.7 Å². The van der Waals surface area contributed by atoms with E-state index in [1.54, 1.807) is 12.1 Å². The first-order valence-corrected chi connectivity index (χ1v) is 3.97. The maximum Gasteiger partial charge on any atom is 0.267 e. The van der Waals surface area contributed by atoms with E-state index in [1.807, 2.05) is 0 Å². The lowest BCUT2D eigenvalue weighted by Gasteiger charge is -2.13. The predicted molar refractivity (Wildman–Crippen MR) is 48.3 cm³/mol. The molecule has 70 valence electrons. The van der Waals surface area contributed by atoms with E-state index in [0.29, 0.717) is 0 Å². The van der Waals surface area contributed by atoms with Crippen LogP contribution in [0.1, 0.15) is 0 Å². The maximum absolute atomic E-state index is 9.62. The third-order valence-corrected chi connectivity index (χ3v) is 2.28. The minimum absolute atomic E-state index is 0.286. The summed E-state index contributed by atoms with van der Waals surface area (Å²) in [6.07, 6.45) is 0. The SMILES string of the molecule is N#CC1(O)C(O)=c2ccccc2=C1O. The van der Waals surface area contributed by atoms with Crippen LogP contribution in [0.25, 0.3) is 11.5 Å². The molecule has 3 N–H and O–H groups in total. The van der Waals surface area contributed by atoms with Gasteiger partial charge in [-0.3, -0.25) is 0 Å². The van der Waals surface area contributed by atoms with Gasteiger partial charge in [-0.15, -0.1) is 0 Å². The van der Waals surface area contributed by atoms with Crippen molar-refractivity contribution in [3.63, 3.8) is 0 Å². The summed E-state index contributed by atoms with van der Waals surface area (Å²) in [4.78, 5) is 0. The molecular weight excluding hydrogens is 182 g/mol. The van der Waals surface area contributed by atoms with E-state index in [2.05, 4.69) is 0 Å². The summed E-state index contributed by atoms with van der Waals surface area (Å²) in [7, 11) is 0. The first-order valence-electron chi connectivity index (χ1n) is 3.97. The quantitative estimate of drug-likeness (QED) is 0.470. The molecule has 0 radical (unpaired) electrons. The van der Waals surface area contributed by atoms with Gasteiger partial charge in [-0.2, -0.15) is 5.26 Å². The second-order valence-corrected chi connectivity index (χ2v) is 3.07. The fourth-order valence-corrected chi connectivity index (χ4v) is 1.50. The Bertz CT molecular complexity index is 512. The molecule has 0 spiro atoms. The van der Waals surface area contributed by atoms with Crippen LogP contribution in [0.15, 0.2) is 24.3 Å². The zero-order valence-corrected chi connectivity index (χ0v) is 7.10. The molecule has 0 atom stereocenters. The Hall–Kier alpha value is -1.99. The largest absolute Gasteiger partial charge is 0.507 e. The van der Waals surface area contributed by atoms with Gasteiger partial charge in [0.2, 0.25) is 0 Å². The molecule has 0 aromatic heterocycles. The minimum Gasteiger partial charge on any atom is -0.507 e. The van der Waals surface area contributed by atoms with Crippen molar-refractivity contribution in [3.8, 4) is 6.07 Å². The Morgan fingerprint density at radius 3 is 1.86 bits per heavy atom. The molecule has 0 fully saturated rings.